The third-order valence-corrected chi connectivity index (χ3v) is 8.11. The predicted molar refractivity (Wildman–Crippen MR) is 169 cm³/mol. The highest BCUT2D eigenvalue weighted by Gasteiger charge is 2.20. The number of hydrogen-bond acceptors (Lipinski definition) is 10. The van der Waals surface area contributed by atoms with Gasteiger partial charge in [0.15, 0.2) is 31.3 Å². The van der Waals surface area contributed by atoms with Crippen molar-refractivity contribution < 1.29 is 16.8 Å². The molecule has 0 saturated carbocycles. The SMILES string of the molecule is C.Clc1nc2ccccc2nc1Cl.Cn1ccc(S(=O)(=O)Nc2nc3ccccc3nc2Cl)n1.Cn1ccc(S(N)(=O)=O)n1. The van der Waals surface area contributed by atoms with Crippen LogP contribution in [-0.2, 0) is 34.1 Å². The normalized spacial score (nSPS) is 11.1. The van der Waals surface area contributed by atoms with E-state index in [1.54, 1.807) is 38.4 Å². The molecule has 44 heavy (non-hydrogen) atoms. The van der Waals surface area contributed by atoms with E-state index in [2.05, 4.69) is 34.9 Å². The Bertz CT molecular complexity index is 2100. The number of primary sulfonamides is 1. The molecule has 19 heteroatoms. The molecule has 0 aliphatic carbocycles. The molecule has 0 radical (unpaired) electrons. The van der Waals surface area contributed by atoms with Crippen molar-refractivity contribution in [2.75, 3.05) is 4.72 Å². The van der Waals surface area contributed by atoms with Gasteiger partial charge in [-0.3, -0.25) is 14.1 Å². The Hall–Kier alpha value is -3.93. The Morgan fingerprint density at radius 1 is 0.636 bits per heavy atom. The van der Waals surface area contributed by atoms with Gasteiger partial charge in [-0.25, -0.2) is 33.5 Å². The smallest absolute Gasteiger partial charge is 0.274 e. The van der Waals surface area contributed by atoms with Crippen molar-refractivity contribution in [3.63, 3.8) is 0 Å². The molecular weight excluding hydrogens is 675 g/mol. The van der Waals surface area contributed by atoms with Crippen LogP contribution in [0.25, 0.3) is 22.1 Å². The van der Waals surface area contributed by atoms with Crippen molar-refractivity contribution in [2.24, 2.45) is 19.2 Å². The van der Waals surface area contributed by atoms with Crippen molar-refractivity contribution in [1.82, 2.24) is 39.5 Å². The van der Waals surface area contributed by atoms with Crippen LogP contribution in [0.3, 0.4) is 0 Å². The quantitative estimate of drug-likeness (QED) is 0.265. The van der Waals surface area contributed by atoms with Gasteiger partial charge < -0.3 is 0 Å². The summed E-state index contributed by atoms with van der Waals surface area (Å²) >= 11 is 17.3. The zero-order valence-corrected chi connectivity index (χ0v) is 26.1. The Morgan fingerprint density at radius 2 is 1.02 bits per heavy atom. The maximum atomic E-state index is 12.2. The third kappa shape index (κ3) is 8.81. The van der Waals surface area contributed by atoms with Crippen molar-refractivity contribution >= 4 is 82.7 Å². The predicted octanol–water partition coefficient (Wildman–Crippen LogP) is 4.46. The highest BCUT2D eigenvalue weighted by molar-refractivity contribution is 7.92. The number of fused-ring (bicyclic) bond motifs is 2. The summed E-state index contributed by atoms with van der Waals surface area (Å²) < 4.78 is 50.5. The van der Waals surface area contributed by atoms with Crippen LogP contribution in [0.1, 0.15) is 7.43 Å². The number of anilines is 1. The van der Waals surface area contributed by atoms with Gasteiger partial charge >= 0.3 is 0 Å². The van der Waals surface area contributed by atoms with Gasteiger partial charge in [0.1, 0.15) is 0 Å². The molecule has 14 nitrogen and oxygen atoms in total. The maximum Gasteiger partial charge on any atom is 0.282 e. The number of sulfonamides is 2. The van der Waals surface area contributed by atoms with Crippen LogP contribution >= 0.6 is 34.8 Å². The van der Waals surface area contributed by atoms with Gasteiger partial charge in [0.05, 0.1) is 22.1 Å². The topological polar surface area (TPSA) is 194 Å². The van der Waals surface area contributed by atoms with Crippen LogP contribution in [0, 0.1) is 0 Å². The number of nitrogens with one attached hydrogen (secondary N) is 1. The molecule has 0 fully saturated rings. The van der Waals surface area contributed by atoms with Gasteiger partial charge in [0.25, 0.3) is 20.0 Å². The molecule has 0 amide bonds. The molecule has 2 aromatic carbocycles. The Morgan fingerprint density at radius 3 is 1.39 bits per heavy atom. The van der Waals surface area contributed by atoms with Gasteiger partial charge in [-0.05, 0) is 36.4 Å². The first-order valence-corrected chi connectivity index (χ1v) is 15.9. The molecule has 4 aromatic heterocycles. The molecule has 0 saturated heterocycles. The molecule has 6 rings (SSSR count). The maximum absolute atomic E-state index is 12.2. The molecule has 3 N–H and O–H groups in total. The van der Waals surface area contributed by atoms with Crippen LogP contribution in [0.4, 0.5) is 5.82 Å². The molecule has 0 unspecified atom stereocenters. The van der Waals surface area contributed by atoms with Crippen molar-refractivity contribution in [2.45, 2.75) is 17.5 Å². The zero-order valence-electron chi connectivity index (χ0n) is 22.2. The third-order valence-electron chi connectivity index (χ3n) is 5.19. The summed E-state index contributed by atoms with van der Waals surface area (Å²) in [5, 5.41) is 12.5. The fourth-order valence-corrected chi connectivity index (χ4v) is 5.24. The summed E-state index contributed by atoms with van der Waals surface area (Å²) in [6.07, 6.45) is 3.04. The van der Waals surface area contributed by atoms with E-state index in [9.17, 15) is 16.8 Å². The minimum Gasteiger partial charge on any atom is -0.274 e. The molecule has 232 valence electrons. The molecule has 0 atom stereocenters. The molecule has 0 spiro atoms. The molecule has 0 bridgehead atoms. The number of rotatable bonds is 4. The van der Waals surface area contributed by atoms with Gasteiger partial charge in [0.2, 0.25) is 0 Å². The minimum absolute atomic E-state index is 0. The van der Waals surface area contributed by atoms with Crippen molar-refractivity contribution in [3.8, 4) is 0 Å². The fourth-order valence-electron chi connectivity index (χ4n) is 3.26. The Balaban J connectivity index is 0.000000196. The second-order valence-electron chi connectivity index (χ2n) is 8.45. The van der Waals surface area contributed by atoms with E-state index >= 15 is 0 Å². The largest absolute Gasteiger partial charge is 0.282 e. The number of nitrogens with two attached hydrogens (primary N) is 1. The lowest BCUT2D eigenvalue weighted by Gasteiger charge is -2.07. The molecule has 4 heterocycles. The van der Waals surface area contributed by atoms with E-state index < -0.39 is 20.0 Å². The first-order chi connectivity index (χ1) is 20.2. The lowest BCUT2D eigenvalue weighted by Crippen LogP contribution is -2.15. The summed E-state index contributed by atoms with van der Waals surface area (Å²) in [7, 11) is -4.22. The van der Waals surface area contributed by atoms with Crippen LogP contribution in [0.5, 0.6) is 0 Å². The van der Waals surface area contributed by atoms with E-state index in [0.29, 0.717) is 11.0 Å². The summed E-state index contributed by atoms with van der Waals surface area (Å²) in [6, 6.07) is 17.2. The standard InChI is InChI=1S/C12H10ClN5O2S.C8H4Cl2N2.C4H7N3O2S.CH4/c1-18-7-6-10(16-18)21(19,20)17-12-11(13)14-8-4-2-3-5-9(8)15-12;9-7-8(10)12-6-4-2-1-3-5(6)11-7;1-7-3-2-4(6-7)10(5,8)9;/h2-7H,1H3,(H,15,17);1-4H;2-3H,1H3,(H2,5,8,9);1H4. The second kappa shape index (κ2) is 14.2. The highest BCUT2D eigenvalue weighted by atomic mass is 35.5. The second-order valence-corrected chi connectivity index (χ2v) is 12.7. The van der Waals surface area contributed by atoms with E-state index in [4.69, 9.17) is 39.9 Å². The highest BCUT2D eigenvalue weighted by Crippen LogP contribution is 2.23. The van der Waals surface area contributed by atoms with E-state index in [0.717, 1.165) is 11.0 Å². The van der Waals surface area contributed by atoms with Crippen molar-refractivity contribution in [3.05, 3.63) is 88.5 Å². The first kappa shape index (κ1) is 34.6. The molecule has 6 aromatic rings. The minimum atomic E-state index is -3.85. The molecular formula is C25H25Cl3N10O4S2. The fraction of sp³-hybridized carbons (Fsp3) is 0.120. The van der Waals surface area contributed by atoms with Crippen molar-refractivity contribution in [1.29, 1.82) is 0 Å². The molecule has 0 aliphatic rings. The number of aromatic nitrogens is 8. The average molecular weight is 700 g/mol. The lowest BCUT2D eigenvalue weighted by atomic mass is 10.3. The average Bonchev–Trinajstić information content (AvgIpc) is 3.59. The summed E-state index contributed by atoms with van der Waals surface area (Å²) in [4.78, 5) is 16.4. The zero-order chi connectivity index (χ0) is 31.4. The summed E-state index contributed by atoms with van der Waals surface area (Å²) in [5.74, 6) is -0.0268. The van der Waals surface area contributed by atoms with E-state index in [1.165, 1.54) is 33.9 Å². The number of nitrogens with zero attached hydrogens (tertiary/aromatic N) is 8. The van der Waals surface area contributed by atoms with Crippen LogP contribution in [-0.4, -0.2) is 56.3 Å². The monoisotopic (exact) mass is 698 g/mol. The van der Waals surface area contributed by atoms with Crippen LogP contribution in [0.2, 0.25) is 15.5 Å². The molecule has 0 aliphatic heterocycles. The lowest BCUT2D eigenvalue weighted by molar-refractivity contribution is 0.589. The van der Waals surface area contributed by atoms with Gasteiger partial charge in [-0.1, -0.05) is 66.5 Å². The van der Waals surface area contributed by atoms with E-state index in [-0.39, 0.29) is 38.8 Å². The number of para-hydroxylation sites is 4. The van der Waals surface area contributed by atoms with E-state index in [1.807, 2.05) is 24.3 Å². The number of halogens is 3. The summed E-state index contributed by atoms with van der Waals surface area (Å²) in [5.41, 5.74) is 2.64. The Labute approximate surface area is 267 Å². The number of hydrogen-bond donors (Lipinski definition) is 2. The summed E-state index contributed by atoms with van der Waals surface area (Å²) in [6.45, 7) is 0. The first-order valence-electron chi connectivity index (χ1n) is 11.8. The van der Waals surface area contributed by atoms with Crippen LogP contribution in [0.15, 0.2) is 83.1 Å². The van der Waals surface area contributed by atoms with Gasteiger partial charge in [0, 0.05) is 26.5 Å². The Kier molecular flexibility index (Phi) is 11.2. The van der Waals surface area contributed by atoms with Gasteiger partial charge in [-0.15, -0.1) is 0 Å². The number of aryl methyl sites for hydroxylation is 2. The number of benzene rings is 2. The van der Waals surface area contributed by atoms with Crippen LogP contribution < -0.4 is 9.86 Å². The van der Waals surface area contributed by atoms with Gasteiger partial charge in [-0.2, -0.15) is 18.6 Å².